The lowest BCUT2D eigenvalue weighted by atomic mass is 9.92. The Morgan fingerprint density at radius 1 is 1.50 bits per heavy atom. The van der Waals surface area contributed by atoms with E-state index in [4.69, 9.17) is 9.63 Å². The predicted molar refractivity (Wildman–Crippen MR) is 74.9 cm³/mol. The van der Waals surface area contributed by atoms with Gasteiger partial charge in [-0.2, -0.15) is 0 Å². The summed E-state index contributed by atoms with van der Waals surface area (Å²) >= 11 is 1.20. The van der Waals surface area contributed by atoms with Crippen molar-refractivity contribution in [2.45, 2.75) is 37.9 Å². The molecule has 0 spiro atoms. The summed E-state index contributed by atoms with van der Waals surface area (Å²) in [5.41, 5.74) is 0.941. The number of carbonyl (C=O) groups is 1. The number of thioether (sulfide) groups is 1. The van der Waals surface area contributed by atoms with E-state index < -0.39 is 5.97 Å². The third-order valence-electron chi connectivity index (χ3n) is 2.72. The van der Waals surface area contributed by atoms with E-state index in [1.807, 2.05) is 4.57 Å². The highest BCUT2D eigenvalue weighted by molar-refractivity contribution is 7.99. The molecule has 0 saturated heterocycles. The summed E-state index contributed by atoms with van der Waals surface area (Å²) in [4.78, 5) is 15.1. The number of nitrogens with zero attached hydrogens (tertiary/aromatic N) is 3. The van der Waals surface area contributed by atoms with Crippen LogP contribution in [0.3, 0.4) is 0 Å². The van der Waals surface area contributed by atoms with Crippen LogP contribution in [0.1, 0.15) is 32.2 Å². The second-order valence-corrected chi connectivity index (χ2v) is 6.37. The van der Waals surface area contributed by atoms with Gasteiger partial charge in [-0.15, -0.1) is 0 Å². The van der Waals surface area contributed by atoms with E-state index in [9.17, 15) is 4.79 Å². The third kappa shape index (κ3) is 3.41. The quantitative estimate of drug-likeness (QED) is 0.853. The molecule has 1 N–H and O–H groups in total. The van der Waals surface area contributed by atoms with Crippen molar-refractivity contribution >= 4 is 17.7 Å². The highest BCUT2D eigenvalue weighted by atomic mass is 32.2. The first-order valence-corrected chi connectivity index (χ1v) is 7.16. The smallest absolute Gasteiger partial charge is 0.313 e. The van der Waals surface area contributed by atoms with Crippen molar-refractivity contribution in [2.24, 2.45) is 0 Å². The molecule has 0 aromatic carbocycles. The Bertz CT molecular complexity index is 585. The van der Waals surface area contributed by atoms with Crippen molar-refractivity contribution in [1.29, 1.82) is 0 Å². The molecular weight excluding hydrogens is 278 g/mol. The molecule has 2 aromatic rings. The molecule has 6 nitrogen and oxygen atoms in total. The standard InChI is InChI=1S/C13H17N3O3S/c1-13(2,3)10-6-14-12(20-8-11(17)18)16(10)7-9-4-5-15-19-9/h4-6H,7-8H2,1-3H3,(H,17,18). The lowest BCUT2D eigenvalue weighted by Gasteiger charge is -2.21. The topological polar surface area (TPSA) is 81.1 Å². The fourth-order valence-corrected chi connectivity index (χ4v) is 2.53. The number of hydrogen-bond donors (Lipinski definition) is 1. The highest BCUT2D eigenvalue weighted by Gasteiger charge is 2.23. The average molecular weight is 295 g/mol. The second kappa shape index (κ2) is 5.70. The zero-order chi connectivity index (χ0) is 14.8. The number of hydrogen-bond acceptors (Lipinski definition) is 5. The van der Waals surface area contributed by atoms with Gasteiger partial charge in [-0.3, -0.25) is 4.79 Å². The van der Waals surface area contributed by atoms with E-state index in [-0.39, 0.29) is 11.2 Å². The molecule has 0 aliphatic heterocycles. The van der Waals surface area contributed by atoms with Crippen LogP contribution in [0.2, 0.25) is 0 Å². The monoisotopic (exact) mass is 295 g/mol. The Morgan fingerprint density at radius 2 is 2.25 bits per heavy atom. The van der Waals surface area contributed by atoms with Crippen molar-refractivity contribution in [1.82, 2.24) is 14.7 Å². The number of aliphatic carboxylic acids is 1. The molecule has 108 valence electrons. The van der Waals surface area contributed by atoms with E-state index in [1.54, 1.807) is 18.5 Å². The summed E-state index contributed by atoms with van der Waals surface area (Å²) in [6, 6.07) is 1.79. The second-order valence-electron chi connectivity index (χ2n) is 5.42. The summed E-state index contributed by atoms with van der Waals surface area (Å²) in [5, 5.41) is 13.2. The molecular formula is C13H17N3O3S. The fraction of sp³-hybridized carbons (Fsp3) is 0.462. The van der Waals surface area contributed by atoms with Gasteiger partial charge >= 0.3 is 5.97 Å². The Balaban J connectivity index is 2.32. The Hall–Kier alpha value is -1.76. The summed E-state index contributed by atoms with van der Waals surface area (Å²) in [6.45, 7) is 6.76. The molecule has 7 heteroatoms. The van der Waals surface area contributed by atoms with E-state index in [0.717, 1.165) is 5.69 Å². The van der Waals surface area contributed by atoms with Crippen LogP contribution in [0, 0.1) is 0 Å². The molecule has 0 aliphatic rings. The van der Waals surface area contributed by atoms with E-state index >= 15 is 0 Å². The zero-order valence-electron chi connectivity index (χ0n) is 11.7. The van der Waals surface area contributed by atoms with Gasteiger partial charge in [0.15, 0.2) is 10.9 Å². The molecule has 0 amide bonds. The zero-order valence-corrected chi connectivity index (χ0v) is 12.5. The van der Waals surface area contributed by atoms with Crippen LogP contribution >= 0.6 is 11.8 Å². The van der Waals surface area contributed by atoms with Gasteiger partial charge in [-0.25, -0.2) is 4.98 Å². The van der Waals surface area contributed by atoms with Gasteiger partial charge < -0.3 is 14.2 Å². The van der Waals surface area contributed by atoms with Crippen LogP contribution in [0.15, 0.2) is 28.1 Å². The maximum absolute atomic E-state index is 10.7. The summed E-state index contributed by atoms with van der Waals surface area (Å²) in [5.74, 6) is -0.163. The number of carboxylic acid groups (broad SMARTS) is 1. The van der Waals surface area contributed by atoms with E-state index in [0.29, 0.717) is 17.5 Å². The van der Waals surface area contributed by atoms with E-state index in [2.05, 4.69) is 30.9 Å². The normalized spacial score (nSPS) is 11.8. The minimum Gasteiger partial charge on any atom is -0.481 e. The van der Waals surface area contributed by atoms with Crippen molar-refractivity contribution in [3.05, 3.63) is 29.9 Å². The summed E-state index contributed by atoms with van der Waals surface area (Å²) in [7, 11) is 0. The van der Waals surface area contributed by atoms with Gasteiger partial charge in [0.05, 0.1) is 18.5 Å². The Morgan fingerprint density at radius 3 is 2.80 bits per heavy atom. The number of carboxylic acids is 1. The molecule has 0 saturated carbocycles. The molecule has 2 heterocycles. The SMILES string of the molecule is CC(C)(C)c1cnc(SCC(=O)O)n1Cc1ccno1. The molecule has 2 rings (SSSR count). The Labute approximate surface area is 121 Å². The van der Waals surface area contributed by atoms with Gasteiger partial charge in [0.1, 0.15) is 0 Å². The molecule has 2 aromatic heterocycles. The Kier molecular flexibility index (Phi) is 4.17. The van der Waals surface area contributed by atoms with Crippen LogP contribution in [-0.2, 0) is 16.8 Å². The maximum Gasteiger partial charge on any atom is 0.313 e. The van der Waals surface area contributed by atoms with Gasteiger partial charge in [0.2, 0.25) is 0 Å². The fourth-order valence-electron chi connectivity index (χ4n) is 1.83. The van der Waals surface area contributed by atoms with Crippen LogP contribution in [0.4, 0.5) is 0 Å². The number of rotatable bonds is 5. The molecule has 0 aliphatic carbocycles. The van der Waals surface area contributed by atoms with Gasteiger partial charge in [-0.05, 0) is 0 Å². The van der Waals surface area contributed by atoms with Crippen molar-refractivity contribution in [2.75, 3.05) is 5.75 Å². The first-order chi connectivity index (χ1) is 9.38. The lowest BCUT2D eigenvalue weighted by Crippen LogP contribution is -2.18. The largest absolute Gasteiger partial charge is 0.481 e. The van der Waals surface area contributed by atoms with Crippen LogP contribution < -0.4 is 0 Å². The first-order valence-electron chi connectivity index (χ1n) is 6.18. The molecule has 0 unspecified atom stereocenters. The predicted octanol–water partition coefficient (Wildman–Crippen LogP) is 2.39. The minimum atomic E-state index is -0.860. The molecule has 0 bridgehead atoms. The molecule has 0 atom stereocenters. The molecule has 0 radical (unpaired) electrons. The first kappa shape index (κ1) is 14.6. The van der Waals surface area contributed by atoms with Gasteiger partial charge in [0, 0.05) is 23.4 Å². The van der Waals surface area contributed by atoms with Crippen LogP contribution in [0.25, 0.3) is 0 Å². The van der Waals surface area contributed by atoms with Crippen molar-refractivity contribution < 1.29 is 14.4 Å². The third-order valence-corrected chi connectivity index (χ3v) is 3.69. The maximum atomic E-state index is 10.7. The van der Waals surface area contributed by atoms with Gasteiger partial charge in [-0.1, -0.05) is 37.7 Å². The van der Waals surface area contributed by atoms with E-state index in [1.165, 1.54) is 11.8 Å². The number of aromatic nitrogens is 3. The van der Waals surface area contributed by atoms with Gasteiger partial charge in [0.25, 0.3) is 0 Å². The minimum absolute atomic E-state index is 0.0169. The van der Waals surface area contributed by atoms with Crippen molar-refractivity contribution in [3.63, 3.8) is 0 Å². The highest BCUT2D eigenvalue weighted by Crippen LogP contribution is 2.28. The molecule has 0 fully saturated rings. The average Bonchev–Trinajstić information content (AvgIpc) is 2.95. The summed E-state index contributed by atoms with van der Waals surface area (Å²) < 4.78 is 7.11. The van der Waals surface area contributed by atoms with Crippen LogP contribution in [-0.4, -0.2) is 31.5 Å². The summed E-state index contributed by atoms with van der Waals surface area (Å²) in [6.07, 6.45) is 3.38. The lowest BCUT2D eigenvalue weighted by molar-refractivity contribution is -0.133. The van der Waals surface area contributed by atoms with Crippen molar-refractivity contribution in [3.8, 4) is 0 Å². The molecule has 20 heavy (non-hydrogen) atoms. The van der Waals surface area contributed by atoms with Crippen LogP contribution in [0.5, 0.6) is 0 Å². The number of imidazole rings is 1.